The predicted octanol–water partition coefficient (Wildman–Crippen LogP) is 3.54. The summed E-state index contributed by atoms with van der Waals surface area (Å²) in [4.78, 5) is 0. The van der Waals surface area contributed by atoms with E-state index in [4.69, 9.17) is 5.73 Å². The number of hydrogen-bond donors (Lipinski definition) is 1. The van der Waals surface area contributed by atoms with Gasteiger partial charge in [0.05, 0.1) is 0 Å². The van der Waals surface area contributed by atoms with Gasteiger partial charge in [0.25, 0.3) is 0 Å². The van der Waals surface area contributed by atoms with E-state index in [0.29, 0.717) is 0 Å². The van der Waals surface area contributed by atoms with Crippen LogP contribution in [0.3, 0.4) is 0 Å². The Balaban J connectivity index is 3.14. The molecule has 0 aliphatic carbocycles. The molecule has 0 fully saturated rings. The maximum atomic E-state index is 6.00. The van der Waals surface area contributed by atoms with E-state index in [-0.39, 0.29) is 5.54 Å². The highest BCUT2D eigenvalue weighted by molar-refractivity contribution is 9.10. The van der Waals surface area contributed by atoms with E-state index in [1.807, 2.05) is 19.9 Å². The predicted molar refractivity (Wildman–Crippen MR) is 64.0 cm³/mol. The number of nitrogens with two attached hydrogens (primary N) is 1. The largest absolute Gasteiger partial charge is 0.322 e. The molecule has 0 heterocycles. The van der Waals surface area contributed by atoms with Gasteiger partial charge in [0, 0.05) is 15.3 Å². The Hall–Kier alpha value is 0.140. The summed E-state index contributed by atoms with van der Waals surface area (Å²) in [5.41, 5.74) is 8.12. The summed E-state index contributed by atoms with van der Waals surface area (Å²) >= 11 is 6.92. The van der Waals surface area contributed by atoms with Gasteiger partial charge in [-0.2, -0.15) is 0 Å². The minimum absolute atomic E-state index is 0.266. The molecule has 0 saturated heterocycles. The summed E-state index contributed by atoms with van der Waals surface area (Å²) in [6.45, 7) is 4.02. The summed E-state index contributed by atoms with van der Waals surface area (Å²) in [5.74, 6) is 0. The van der Waals surface area contributed by atoms with Crippen molar-refractivity contribution >= 4 is 31.9 Å². The van der Waals surface area contributed by atoms with Gasteiger partial charge in [-0.1, -0.05) is 44.0 Å². The van der Waals surface area contributed by atoms with Crippen molar-refractivity contribution < 1.29 is 0 Å². The lowest BCUT2D eigenvalue weighted by molar-refractivity contribution is 0.554. The number of benzene rings is 1. The van der Waals surface area contributed by atoms with Crippen molar-refractivity contribution in [3.63, 3.8) is 0 Å². The summed E-state index contributed by atoms with van der Waals surface area (Å²) in [7, 11) is 0. The summed E-state index contributed by atoms with van der Waals surface area (Å²) < 4.78 is 1.12. The molecule has 0 atom stereocenters. The molecule has 0 unspecified atom stereocenters. The summed E-state index contributed by atoms with van der Waals surface area (Å²) in [6.07, 6.45) is 0. The molecule has 0 aliphatic heterocycles. The Morgan fingerprint density at radius 1 is 1.38 bits per heavy atom. The molecule has 3 heteroatoms. The van der Waals surface area contributed by atoms with Crippen LogP contribution in [0.2, 0.25) is 0 Å². The number of rotatable bonds is 2. The van der Waals surface area contributed by atoms with E-state index in [2.05, 4.69) is 44.0 Å². The molecule has 1 aromatic carbocycles. The molecule has 0 aromatic heterocycles. The van der Waals surface area contributed by atoms with Crippen LogP contribution in [0.5, 0.6) is 0 Å². The zero-order chi connectivity index (χ0) is 10.1. The Bertz CT molecular complexity index is 302. The van der Waals surface area contributed by atoms with Gasteiger partial charge >= 0.3 is 0 Å². The Labute approximate surface area is 96.0 Å². The molecule has 0 aliphatic rings. The van der Waals surface area contributed by atoms with Gasteiger partial charge < -0.3 is 5.73 Å². The van der Waals surface area contributed by atoms with Crippen LogP contribution in [-0.4, -0.2) is 0 Å². The van der Waals surface area contributed by atoms with Crippen LogP contribution in [-0.2, 0) is 10.9 Å². The Morgan fingerprint density at radius 3 is 2.46 bits per heavy atom. The molecule has 1 aromatic rings. The average Bonchev–Trinajstić information content (AvgIpc) is 2.03. The van der Waals surface area contributed by atoms with Gasteiger partial charge in [0.2, 0.25) is 0 Å². The topological polar surface area (TPSA) is 26.0 Å². The van der Waals surface area contributed by atoms with Crippen molar-refractivity contribution in [2.75, 3.05) is 0 Å². The minimum atomic E-state index is -0.266. The quantitative estimate of drug-likeness (QED) is 0.831. The van der Waals surface area contributed by atoms with E-state index in [0.717, 1.165) is 15.4 Å². The van der Waals surface area contributed by atoms with E-state index in [9.17, 15) is 0 Å². The fourth-order valence-corrected chi connectivity index (χ4v) is 2.30. The standard InChI is InChI=1S/C10H13Br2N/c1-10(2,13)8-3-4-9(12)7(5-8)6-11/h3-5H,6,13H2,1-2H3. The van der Waals surface area contributed by atoms with Crippen molar-refractivity contribution in [3.05, 3.63) is 33.8 Å². The van der Waals surface area contributed by atoms with Crippen molar-refractivity contribution in [3.8, 4) is 0 Å². The van der Waals surface area contributed by atoms with Crippen LogP contribution >= 0.6 is 31.9 Å². The Kier molecular flexibility index (Phi) is 3.55. The molecule has 0 saturated carbocycles. The molecule has 0 radical (unpaired) electrons. The van der Waals surface area contributed by atoms with E-state index in [1.54, 1.807) is 0 Å². The lowest BCUT2D eigenvalue weighted by Crippen LogP contribution is -2.28. The first-order chi connectivity index (χ1) is 5.95. The number of hydrogen-bond acceptors (Lipinski definition) is 1. The van der Waals surface area contributed by atoms with E-state index >= 15 is 0 Å². The van der Waals surface area contributed by atoms with Crippen LogP contribution in [0.1, 0.15) is 25.0 Å². The second-order valence-corrected chi connectivity index (χ2v) is 5.08. The lowest BCUT2D eigenvalue weighted by Gasteiger charge is -2.20. The maximum absolute atomic E-state index is 6.00. The molecular weight excluding hydrogens is 294 g/mol. The molecular formula is C10H13Br2N. The third-order valence-electron chi connectivity index (χ3n) is 1.93. The highest BCUT2D eigenvalue weighted by Gasteiger charge is 2.14. The van der Waals surface area contributed by atoms with Gasteiger partial charge in [-0.25, -0.2) is 0 Å². The lowest BCUT2D eigenvalue weighted by atomic mass is 9.94. The van der Waals surface area contributed by atoms with Crippen molar-refractivity contribution in [1.82, 2.24) is 0 Å². The highest BCUT2D eigenvalue weighted by atomic mass is 79.9. The smallest absolute Gasteiger partial charge is 0.0352 e. The molecule has 1 rings (SSSR count). The zero-order valence-corrected chi connectivity index (χ0v) is 10.9. The van der Waals surface area contributed by atoms with Crippen LogP contribution < -0.4 is 5.73 Å². The van der Waals surface area contributed by atoms with Crippen molar-refractivity contribution in [2.45, 2.75) is 24.7 Å². The van der Waals surface area contributed by atoms with E-state index in [1.165, 1.54) is 5.56 Å². The fourth-order valence-electron chi connectivity index (χ4n) is 1.08. The average molecular weight is 307 g/mol. The molecule has 0 amide bonds. The molecule has 72 valence electrons. The van der Waals surface area contributed by atoms with Crippen LogP contribution in [0.4, 0.5) is 0 Å². The van der Waals surface area contributed by atoms with Crippen LogP contribution in [0.25, 0.3) is 0 Å². The molecule has 2 N–H and O–H groups in total. The SMILES string of the molecule is CC(C)(N)c1ccc(Br)c(CBr)c1. The van der Waals surface area contributed by atoms with Gasteiger partial charge in [0.1, 0.15) is 0 Å². The molecule has 0 spiro atoms. The monoisotopic (exact) mass is 305 g/mol. The third kappa shape index (κ3) is 2.79. The molecule has 1 nitrogen and oxygen atoms in total. The maximum Gasteiger partial charge on any atom is 0.0352 e. The molecule has 0 bridgehead atoms. The second-order valence-electron chi connectivity index (χ2n) is 3.66. The zero-order valence-electron chi connectivity index (χ0n) is 7.77. The first-order valence-electron chi connectivity index (χ1n) is 4.09. The van der Waals surface area contributed by atoms with Gasteiger partial charge in [-0.15, -0.1) is 0 Å². The second kappa shape index (κ2) is 4.11. The van der Waals surface area contributed by atoms with Crippen molar-refractivity contribution in [2.24, 2.45) is 5.73 Å². The van der Waals surface area contributed by atoms with Crippen LogP contribution in [0, 0.1) is 0 Å². The first kappa shape index (κ1) is 11.2. The third-order valence-corrected chi connectivity index (χ3v) is 3.31. The highest BCUT2D eigenvalue weighted by Crippen LogP contribution is 2.25. The fraction of sp³-hybridized carbons (Fsp3) is 0.400. The minimum Gasteiger partial charge on any atom is -0.322 e. The number of halogens is 2. The summed E-state index contributed by atoms with van der Waals surface area (Å²) in [5, 5.41) is 0.845. The van der Waals surface area contributed by atoms with Gasteiger partial charge in [-0.3, -0.25) is 0 Å². The number of alkyl halides is 1. The van der Waals surface area contributed by atoms with E-state index < -0.39 is 0 Å². The van der Waals surface area contributed by atoms with Crippen molar-refractivity contribution in [1.29, 1.82) is 0 Å². The first-order valence-corrected chi connectivity index (χ1v) is 6.00. The van der Waals surface area contributed by atoms with Gasteiger partial charge in [0.15, 0.2) is 0 Å². The van der Waals surface area contributed by atoms with Gasteiger partial charge in [-0.05, 0) is 31.0 Å². The molecule has 13 heavy (non-hydrogen) atoms. The van der Waals surface area contributed by atoms with Crippen LogP contribution in [0.15, 0.2) is 22.7 Å². The normalized spacial score (nSPS) is 11.8. The Morgan fingerprint density at radius 2 is 2.00 bits per heavy atom. The summed E-state index contributed by atoms with van der Waals surface area (Å²) in [6, 6.07) is 6.22.